The van der Waals surface area contributed by atoms with Crippen molar-refractivity contribution in [3.8, 4) is 0 Å². The first-order valence-corrected chi connectivity index (χ1v) is 8.55. The van der Waals surface area contributed by atoms with Crippen LogP contribution in [0.5, 0.6) is 0 Å². The summed E-state index contributed by atoms with van der Waals surface area (Å²) in [5, 5.41) is 0. The molecule has 19 heavy (non-hydrogen) atoms. The Morgan fingerprint density at radius 1 is 1.37 bits per heavy atom. The molecule has 0 atom stereocenters. The van der Waals surface area contributed by atoms with E-state index in [-0.39, 0.29) is 0 Å². The highest BCUT2D eigenvalue weighted by Gasteiger charge is 2.29. The van der Waals surface area contributed by atoms with Crippen LogP contribution in [0.2, 0.25) is 0 Å². The third kappa shape index (κ3) is 2.31. The monoisotopic (exact) mass is 317 g/mol. The lowest BCUT2D eigenvalue weighted by atomic mass is 10.4. The minimum absolute atomic E-state index is 0.323. The van der Waals surface area contributed by atoms with E-state index in [0.29, 0.717) is 29.7 Å². The van der Waals surface area contributed by atoms with Gasteiger partial charge in [-0.1, -0.05) is 0 Å². The number of fused-ring (bicyclic) bond motifs is 1. The van der Waals surface area contributed by atoms with Crippen LogP contribution in [-0.4, -0.2) is 28.8 Å². The normalized spacial score (nSPS) is 16.5. The van der Waals surface area contributed by atoms with Crippen molar-refractivity contribution in [3.05, 3.63) is 35.2 Å². The number of hydrogen-bond acceptors (Lipinski definition) is 4. The van der Waals surface area contributed by atoms with E-state index in [0.717, 1.165) is 10.7 Å². The molecular formula is C11H12ClN3O2S2. The third-order valence-electron chi connectivity index (χ3n) is 3.07. The second-order valence-corrected chi connectivity index (χ2v) is 7.83. The molecular weight excluding hydrogens is 306 g/mol. The Labute approximate surface area is 120 Å². The molecule has 0 aromatic carbocycles. The highest BCUT2D eigenvalue weighted by Crippen LogP contribution is 2.27. The predicted molar refractivity (Wildman–Crippen MR) is 73.7 cm³/mol. The van der Waals surface area contributed by atoms with Gasteiger partial charge in [-0.15, -0.1) is 22.9 Å². The summed E-state index contributed by atoms with van der Waals surface area (Å²) in [5.74, 6) is 1.12. The number of thiophene rings is 1. The zero-order chi connectivity index (χ0) is 13.5. The van der Waals surface area contributed by atoms with Gasteiger partial charge in [-0.3, -0.25) is 0 Å². The zero-order valence-corrected chi connectivity index (χ0v) is 12.4. The number of imidazole rings is 1. The molecule has 0 spiro atoms. The summed E-state index contributed by atoms with van der Waals surface area (Å²) in [5.41, 5.74) is 0. The van der Waals surface area contributed by atoms with Gasteiger partial charge in [0, 0.05) is 30.4 Å². The van der Waals surface area contributed by atoms with Crippen LogP contribution < -0.4 is 0 Å². The molecule has 0 N–H and O–H groups in total. The topological polar surface area (TPSA) is 55.2 Å². The Morgan fingerprint density at radius 3 is 2.95 bits per heavy atom. The summed E-state index contributed by atoms with van der Waals surface area (Å²) in [6.45, 7) is 1.44. The fourth-order valence-corrected chi connectivity index (χ4v) is 5.05. The molecule has 3 heterocycles. The highest BCUT2D eigenvalue weighted by molar-refractivity contribution is 7.91. The number of nitrogens with zero attached hydrogens (tertiary/aromatic N) is 3. The molecule has 102 valence electrons. The first-order chi connectivity index (χ1) is 9.11. The van der Waals surface area contributed by atoms with Gasteiger partial charge in [0.15, 0.2) is 0 Å². The van der Waals surface area contributed by atoms with Crippen molar-refractivity contribution in [1.29, 1.82) is 0 Å². The Kier molecular flexibility index (Phi) is 3.38. The summed E-state index contributed by atoms with van der Waals surface area (Å²) in [6, 6.07) is 3.38. The maximum Gasteiger partial charge on any atom is 0.253 e. The maximum atomic E-state index is 12.5. The lowest BCUT2D eigenvalue weighted by Crippen LogP contribution is -2.37. The van der Waals surface area contributed by atoms with E-state index >= 15 is 0 Å². The van der Waals surface area contributed by atoms with Crippen molar-refractivity contribution in [1.82, 2.24) is 13.9 Å². The van der Waals surface area contributed by atoms with Crippen LogP contribution in [0.25, 0.3) is 0 Å². The molecule has 0 aliphatic carbocycles. The molecule has 1 aliphatic heterocycles. The van der Waals surface area contributed by atoms with E-state index in [4.69, 9.17) is 11.6 Å². The van der Waals surface area contributed by atoms with Crippen LogP contribution in [0.3, 0.4) is 0 Å². The van der Waals surface area contributed by atoms with Gasteiger partial charge in [0.05, 0.1) is 12.4 Å². The van der Waals surface area contributed by atoms with Crippen molar-refractivity contribution in [2.24, 2.45) is 0 Å². The van der Waals surface area contributed by atoms with Crippen molar-refractivity contribution >= 4 is 33.0 Å². The lowest BCUT2D eigenvalue weighted by Gasteiger charge is -2.26. The summed E-state index contributed by atoms with van der Waals surface area (Å²) < 4.78 is 28.8. The van der Waals surface area contributed by atoms with Gasteiger partial charge in [-0.25, -0.2) is 13.4 Å². The largest absolute Gasteiger partial charge is 0.333 e. The Balaban J connectivity index is 1.89. The zero-order valence-electron chi connectivity index (χ0n) is 9.99. The molecule has 0 saturated carbocycles. The summed E-state index contributed by atoms with van der Waals surface area (Å²) >= 11 is 6.95. The number of aromatic nitrogens is 2. The summed E-state index contributed by atoms with van der Waals surface area (Å²) in [4.78, 5) is 5.03. The van der Waals surface area contributed by atoms with Crippen LogP contribution in [0.4, 0.5) is 0 Å². The number of sulfonamides is 1. The molecule has 0 bridgehead atoms. The molecule has 0 saturated heterocycles. The summed E-state index contributed by atoms with van der Waals surface area (Å²) in [6.07, 6.45) is 3.57. The van der Waals surface area contributed by atoms with Crippen molar-refractivity contribution in [3.63, 3.8) is 0 Å². The molecule has 2 aromatic rings. The fraction of sp³-hybridized carbons (Fsp3) is 0.364. The first-order valence-electron chi connectivity index (χ1n) is 5.76. The molecule has 0 fully saturated rings. The minimum Gasteiger partial charge on any atom is -0.333 e. The van der Waals surface area contributed by atoms with Gasteiger partial charge in [0.1, 0.15) is 10.0 Å². The molecule has 8 heteroatoms. The van der Waals surface area contributed by atoms with E-state index in [1.807, 2.05) is 10.8 Å². The van der Waals surface area contributed by atoms with E-state index in [1.165, 1.54) is 15.6 Å². The van der Waals surface area contributed by atoms with E-state index in [2.05, 4.69) is 4.98 Å². The van der Waals surface area contributed by atoms with E-state index in [9.17, 15) is 8.42 Å². The Hall–Kier alpha value is -0.890. The maximum absolute atomic E-state index is 12.5. The van der Waals surface area contributed by atoms with Gasteiger partial charge in [0.25, 0.3) is 10.0 Å². The van der Waals surface area contributed by atoms with Crippen LogP contribution in [0.15, 0.2) is 28.7 Å². The van der Waals surface area contributed by atoms with Gasteiger partial charge in [-0.2, -0.15) is 4.31 Å². The minimum atomic E-state index is -3.43. The molecule has 2 aromatic heterocycles. The van der Waals surface area contributed by atoms with E-state index < -0.39 is 10.0 Å². The summed E-state index contributed by atoms with van der Waals surface area (Å²) in [7, 11) is -3.43. The molecule has 5 nitrogen and oxygen atoms in total. The van der Waals surface area contributed by atoms with Gasteiger partial charge in [-0.05, 0) is 12.1 Å². The molecule has 1 aliphatic rings. The molecule has 0 unspecified atom stereocenters. The second kappa shape index (κ2) is 4.90. The fourth-order valence-electron chi connectivity index (χ4n) is 2.05. The van der Waals surface area contributed by atoms with Crippen LogP contribution in [0.1, 0.15) is 10.7 Å². The van der Waals surface area contributed by atoms with Crippen molar-refractivity contribution in [2.75, 3.05) is 6.54 Å². The van der Waals surface area contributed by atoms with Crippen molar-refractivity contribution < 1.29 is 8.42 Å². The quantitative estimate of drug-likeness (QED) is 0.812. The second-order valence-electron chi connectivity index (χ2n) is 4.23. The van der Waals surface area contributed by atoms with Crippen LogP contribution >= 0.6 is 22.9 Å². The number of alkyl halides is 1. The van der Waals surface area contributed by atoms with Crippen LogP contribution in [-0.2, 0) is 29.0 Å². The highest BCUT2D eigenvalue weighted by atomic mass is 35.5. The predicted octanol–water partition coefficient (Wildman–Crippen LogP) is 1.89. The molecule has 0 amide bonds. The van der Waals surface area contributed by atoms with E-state index in [1.54, 1.807) is 18.3 Å². The Morgan fingerprint density at radius 2 is 2.21 bits per heavy atom. The smallest absolute Gasteiger partial charge is 0.253 e. The number of rotatable bonds is 3. The first kappa shape index (κ1) is 13.1. The van der Waals surface area contributed by atoms with Crippen molar-refractivity contribution in [2.45, 2.75) is 23.2 Å². The van der Waals surface area contributed by atoms with Gasteiger partial charge < -0.3 is 4.57 Å². The van der Waals surface area contributed by atoms with Gasteiger partial charge in [0.2, 0.25) is 0 Å². The standard InChI is InChI=1S/C11H12ClN3O2S2/c12-7-9-1-2-11(18-9)19(16,17)15-6-5-14-4-3-13-10(14)8-15/h1-4H,5-8H2. The van der Waals surface area contributed by atoms with Crippen LogP contribution in [0, 0.1) is 0 Å². The molecule has 0 radical (unpaired) electrons. The third-order valence-corrected chi connectivity index (χ3v) is 6.92. The average molecular weight is 318 g/mol. The Bertz CT molecular complexity index is 692. The average Bonchev–Trinajstić information content (AvgIpc) is 3.06. The molecule has 3 rings (SSSR count). The van der Waals surface area contributed by atoms with Gasteiger partial charge >= 0.3 is 0 Å². The number of hydrogen-bond donors (Lipinski definition) is 0. The lowest BCUT2D eigenvalue weighted by molar-refractivity contribution is 0.336. The number of halogens is 1. The SMILES string of the molecule is O=S(=O)(c1ccc(CCl)s1)N1CCn2ccnc2C1.